The van der Waals surface area contributed by atoms with Gasteiger partial charge in [0, 0.05) is 27.6 Å². The topological polar surface area (TPSA) is 29.5 Å². The van der Waals surface area contributed by atoms with E-state index in [0.29, 0.717) is 22.2 Å². The van der Waals surface area contributed by atoms with E-state index in [4.69, 9.17) is 27.9 Å². The monoisotopic (exact) mass is 294 g/mol. The van der Waals surface area contributed by atoms with Gasteiger partial charge in [0.15, 0.2) is 0 Å². The molecule has 4 heteroatoms. The molecule has 2 nitrogen and oxygen atoms in total. The van der Waals surface area contributed by atoms with Gasteiger partial charge in [0.1, 0.15) is 11.9 Å². The number of hydrogen-bond acceptors (Lipinski definition) is 2. The average molecular weight is 295 g/mol. The molecule has 0 aromatic heterocycles. The molecular formula is C15H12Cl2O2. The van der Waals surface area contributed by atoms with E-state index in [2.05, 4.69) is 0 Å². The van der Waals surface area contributed by atoms with Gasteiger partial charge < -0.3 is 9.84 Å². The maximum Gasteiger partial charge on any atom is 0.128 e. The first-order chi connectivity index (χ1) is 9.15. The Morgan fingerprint density at radius 3 is 2.63 bits per heavy atom. The maximum absolute atomic E-state index is 10.2. The summed E-state index contributed by atoms with van der Waals surface area (Å²) in [6.45, 7) is 0. The molecule has 0 fully saturated rings. The van der Waals surface area contributed by atoms with Crippen molar-refractivity contribution in [2.75, 3.05) is 0 Å². The summed E-state index contributed by atoms with van der Waals surface area (Å²) >= 11 is 12.1. The molecule has 0 radical (unpaired) electrons. The molecule has 0 saturated carbocycles. The third-order valence-corrected chi connectivity index (χ3v) is 3.87. The Kier molecular flexibility index (Phi) is 3.40. The highest BCUT2D eigenvalue weighted by Gasteiger charge is 2.29. The first kappa shape index (κ1) is 12.8. The van der Waals surface area contributed by atoms with Crippen LogP contribution in [-0.2, 0) is 0 Å². The minimum atomic E-state index is -0.594. The highest BCUT2D eigenvalue weighted by molar-refractivity contribution is 6.31. The van der Waals surface area contributed by atoms with Gasteiger partial charge in [0.25, 0.3) is 0 Å². The second-order valence-corrected chi connectivity index (χ2v) is 5.41. The van der Waals surface area contributed by atoms with E-state index >= 15 is 0 Å². The molecule has 0 amide bonds. The lowest BCUT2D eigenvalue weighted by Gasteiger charge is -2.30. The van der Waals surface area contributed by atoms with E-state index in [9.17, 15) is 5.11 Å². The van der Waals surface area contributed by atoms with E-state index in [1.165, 1.54) is 0 Å². The summed E-state index contributed by atoms with van der Waals surface area (Å²) in [4.78, 5) is 0. The maximum atomic E-state index is 10.2. The van der Waals surface area contributed by atoms with Gasteiger partial charge in [0.05, 0.1) is 6.10 Å². The number of rotatable bonds is 1. The molecule has 19 heavy (non-hydrogen) atoms. The zero-order valence-electron chi connectivity index (χ0n) is 10.0. The second-order valence-electron chi connectivity index (χ2n) is 4.56. The Bertz CT molecular complexity index is 613. The number of aliphatic hydroxyl groups excluding tert-OH is 1. The summed E-state index contributed by atoms with van der Waals surface area (Å²) in [5.74, 6) is 0.660. The van der Waals surface area contributed by atoms with E-state index in [-0.39, 0.29) is 6.10 Å². The average Bonchev–Trinajstić information content (AvgIpc) is 2.40. The van der Waals surface area contributed by atoms with Gasteiger partial charge in [-0.15, -0.1) is 0 Å². The number of benzene rings is 2. The molecule has 1 aliphatic heterocycles. The quantitative estimate of drug-likeness (QED) is 0.836. The van der Waals surface area contributed by atoms with Crippen LogP contribution in [0.1, 0.15) is 29.8 Å². The van der Waals surface area contributed by atoms with Gasteiger partial charge in [-0.05, 0) is 24.3 Å². The molecule has 3 rings (SSSR count). The molecule has 2 atom stereocenters. The van der Waals surface area contributed by atoms with Gasteiger partial charge >= 0.3 is 0 Å². The Balaban J connectivity index is 1.97. The first-order valence-corrected chi connectivity index (χ1v) is 6.79. The lowest BCUT2D eigenvalue weighted by Crippen LogP contribution is -2.19. The zero-order chi connectivity index (χ0) is 13.4. The molecule has 0 bridgehead atoms. The first-order valence-electron chi connectivity index (χ1n) is 6.04. The Morgan fingerprint density at radius 2 is 1.84 bits per heavy atom. The summed E-state index contributed by atoms with van der Waals surface area (Å²) < 4.78 is 5.92. The van der Waals surface area contributed by atoms with E-state index in [1.54, 1.807) is 18.2 Å². The van der Waals surface area contributed by atoms with Crippen LogP contribution in [-0.4, -0.2) is 5.11 Å². The zero-order valence-corrected chi connectivity index (χ0v) is 11.5. The summed E-state index contributed by atoms with van der Waals surface area (Å²) in [6.07, 6.45) is -0.363. The Hall–Kier alpha value is -1.22. The van der Waals surface area contributed by atoms with Gasteiger partial charge in [0.2, 0.25) is 0 Å². The molecular weight excluding hydrogens is 283 g/mol. The number of halogens is 2. The summed E-state index contributed by atoms with van der Waals surface area (Å²) in [5.41, 5.74) is 1.62. The number of fused-ring (bicyclic) bond motifs is 1. The van der Waals surface area contributed by atoms with Crippen molar-refractivity contribution < 1.29 is 9.84 Å². The normalized spacial score (nSPS) is 21.6. The molecule has 0 aliphatic carbocycles. The molecule has 1 heterocycles. The summed E-state index contributed by atoms with van der Waals surface area (Å²) in [5, 5.41) is 11.5. The van der Waals surface area contributed by atoms with Crippen LogP contribution in [0, 0.1) is 0 Å². The van der Waals surface area contributed by atoms with Gasteiger partial charge in [-0.3, -0.25) is 0 Å². The van der Waals surface area contributed by atoms with Gasteiger partial charge in [-0.25, -0.2) is 0 Å². The minimum absolute atomic E-state index is 0.239. The van der Waals surface area contributed by atoms with Crippen molar-refractivity contribution in [1.82, 2.24) is 0 Å². The van der Waals surface area contributed by atoms with Crippen molar-refractivity contribution in [3.8, 4) is 5.75 Å². The van der Waals surface area contributed by atoms with Crippen LogP contribution in [0.3, 0.4) is 0 Å². The van der Waals surface area contributed by atoms with Crippen molar-refractivity contribution in [2.45, 2.75) is 18.6 Å². The number of aliphatic hydroxyl groups is 1. The van der Waals surface area contributed by atoms with Crippen molar-refractivity contribution in [3.05, 3.63) is 63.6 Å². The van der Waals surface area contributed by atoms with Crippen LogP contribution in [0.4, 0.5) is 0 Å². The van der Waals surface area contributed by atoms with Crippen molar-refractivity contribution in [3.63, 3.8) is 0 Å². The van der Waals surface area contributed by atoms with Crippen LogP contribution >= 0.6 is 23.2 Å². The fourth-order valence-electron chi connectivity index (χ4n) is 2.34. The SMILES string of the molecule is O[C@H]1CC(c2ccccc2Cl)Oc2ccc(Cl)cc21. The Labute approximate surface area is 121 Å². The van der Waals surface area contributed by atoms with E-state index in [0.717, 1.165) is 11.1 Å². The standard InChI is InChI=1S/C15H12Cl2O2/c16-9-5-6-14-11(7-9)13(18)8-15(19-14)10-3-1-2-4-12(10)17/h1-7,13,15,18H,8H2/t13-,15?/m0/s1. The van der Waals surface area contributed by atoms with Crippen molar-refractivity contribution in [2.24, 2.45) is 0 Å². The number of ether oxygens (including phenoxy) is 1. The molecule has 0 saturated heterocycles. The highest BCUT2D eigenvalue weighted by atomic mass is 35.5. The van der Waals surface area contributed by atoms with Crippen molar-refractivity contribution >= 4 is 23.2 Å². The fraction of sp³-hybridized carbons (Fsp3) is 0.200. The minimum Gasteiger partial charge on any atom is -0.485 e. The molecule has 2 aromatic rings. The van der Waals surface area contributed by atoms with Gasteiger partial charge in [-0.2, -0.15) is 0 Å². The largest absolute Gasteiger partial charge is 0.485 e. The molecule has 0 spiro atoms. The van der Waals surface area contributed by atoms with Crippen LogP contribution in [0.15, 0.2) is 42.5 Å². The van der Waals surface area contributed by atoms with Crippen LogP contribution in [0.25, 0.3) is 0 Å². The molecule has 1 N–H and O–H groups in total. The van der Waals surface area contributed by atoms with Gasteiger partial charge in [-0.1, -0.05) is 41.4 Å². The van der Waals surface area contributed by atoms with Crippen LogP contribution in [0.2, 0.25) is 10.0 Å². The number of hydrogen-bond donors (Lipinski definition) is 1. The third kappa shape index (κ3) is 2.44. The third-order valence-electron chi connectivity index (χ3n) is 3.29. The second kappa shape index (κ2) is 5.04. The highest BCUT2D eigenvalue weighted by Crippen LogP contribution is 2.43. The summed E-state index contributed by atoms with van der Waals surface area (Å²) in [7, 11) is 0. The lowest BCUT2D eigenvalue weighted by molar-refractivity contribution is 0.0658. The Morgan fingerprint density at radius 1 is 1.05 bits per heavy atom. The van der Waals surface area contributed by atoms with E-state index in [1.807, 2.05) is 24.3 Å². The molecule has 1 unspecified atom stereocenters. The molecule has 2 aromatic carbocycles. The molecule has 98 valence electrons. The van der Waals surface area contributed by atoms with Crippen LogP contribution < -0.4 is 4.74 Å². The van der Waals surface area contributed by atoms with E-state index < -0.39 is 6.10 Å². The predicted molar refractivity (Wildman–Crippen MR) is 75.8 cm³/mol. The lowest BCUT2D eigenvalue weighted by atomic mass is 9.95. The summed E-state index contributed by atoms with van der Waals surface area (Å²) in [6, 6.07) is 12.8. The van der Waals surface area contributed by atoms with Crippen LogP contribution in [0.5, 0.6) is 5.75 Å². The predicted octanol–water partition coefficient (Wildman–Crippen LogP) is 4.55. The fourth-order valence-corrected chi connectivity index (χ4v) is 2.78. The molecule has 1 aliphatic rings. The smallest absolute Gasteiger partial charge is 0.128 e. The van der Waals surface area contributed by atoms with Crippen molar-refractivity contribution in [1.29, 1.82) is 0 Å².